The lowest BCUT2D eigenvalue weighted by Gasteiger charge is -2.18. The molecule has 1 fully saturated rings. The number of benzene rings is 1. The van der Waals surface area contributed by atoms with Crippen LogP contribution in [0.1, 0.15) is 12.8 Å². The lowest BCUT2D eigenvalue weighted by Crippen LogP contribution is -2.24. The van der Waals surface area contributed by atoms with Gasteiger partial charge in [0.2, 0.25) is 5.91 Å². The molecule has 0 aliphatic carbocycles. The Labute approximate surface area is 172 Å². The first-order valence-corrected chi connectivity index (χ1v) is 11.2. The number of sulfonamides is 1. The Bertz CT molecular complexity index is 1150. The monoisotopic (exact) mass is 430 g/mol. The van der Waals surface area contributed by atoms with Crippen molar-refractivity contribution in [3.05, 3.63) is 48.0 Å². The van der Waals surface area contributed by atoms with Gasteiger partial charge in [-0.1, -0.05) is 6.07 Å². The van der Waals surface area contributed by atoms with Crippen LogP contribution in [0, 0.1) is 0 Å². The van der Waals surface area contributed by atoms with Crippen molar-refractivity contribution < 1.29 is 17.9 Å². The molecular weight excluding hydrogens is 412 g/mol. The fourth-order valence-electron chi connectivity index (χ4n) is 3.09. The molecule has 3 heterocycles. The molecule has 1 aromatic carbocycles. The highest BCUT2D eigenvalue weighted by atomic mass is 32.2. The first-order valence-electron chi connectivity index (χ1n) is 8.86. The van der Waals surface area contributed by atoms with Gasteiger partial charge in [-0.25, -0.2) is 13.4 Å². The van der Waals surface area contributed by atoms with Crippen LogP contribution in [-0.4, -0.2) is 37.9 Å². The molecule has 10 heteroatoms. The molecule has 0 bridgehead atoms. The van der Waals surface area contributed by atoms with E-state index in [1.54, 1.807) is 40.7 Å². The Balaban J connectivity index is 1.65. The molecule has 1 aliphatic rings. The van der Waals surface area contributed by atoms with Gasteiger partial charge in [-0.3, -0.25) is 14.5 Å². The first-order chi connectivity index (χ1) is 14.0. The van der Waals surface area contributed by atoms with Crippen LogP contribution in [-0.2, 0) is 14.8 Å². The molecule has 2 aromatic heterocycles. The van der Waals surface area contributed by atoms with Crippen molar-refractivity contribution in [3.8, 4) is 17.1 Å². The summed E-state index contributed by atoms with van der Waals surface area (Å²) in [5.74, 6) is 0.167. The van der Waals surface area contributed by atoms with Crippen LogP contribution in [0.25, 0.3) is 11.4 Å². The van der Waals surface area contributed by atoms with Gasteiger partial charge in [0.1, 0.15) is 16.3 Å². The molecule has 1 saturated heterocycles. The number of rotatable bonds is 6. The lowest BCUT2D eigenvalue weighted by molar-refractivity contribution is -0.117. The molecule has 0 atom stereocenters. The second-order valence-corrected chi connectivity index (χ2v) is 8.85. The van der Waals surface area contributed by atoms with Crippen LogP contribution in [0.5, 0.6) is 5.75 Å². The maximum absolute atomic E-state index is 13.0. The SMILES string of the molecule is COc1ccc(N2CCCC2=O)cc1S(=O)(=O)Nc1nc(-c2ccccn2)cs1. The minimum atomic E-state index is -3.98. The summed E-state index contributed by atoms with van der Waals surface area (Å²) in [5.41, 5.74) is 1.76. The maximum Gasteiger partial charge on any atom is 0.267 e. The van der Waals surface area contributed by atoms with Crippen LogP contribution < -0.4 is 14.4 Å². The molecule has 1 N–H and O–H groups in total. The van der Waals surface area contributed by atoms with E-state index in [0.29, 0.717) is 30.0 Å². The van der Waals surface area contributed by atoms with Gasteiger partial charge in [0.25, 0.3) is 10.0 Å². The zero-order chi connectivity index (χ0) is 20.4. The molecular formula is C19H18N4O4S2. The topological polar surface area (TPSA) is 101 Å². The van der Waals surface area contributed by atoms with Crippen LogP contribution in [0.3, 0.4) is 0 Å². The van der Waals surface area contributed by atoms with Crippen molar-refractivity contribution in [2.45, 2.75) is 17.7 Å². The summed E-state index contributed by atoms with van der Waals surface area (Å²) in [7, 11) is -2.58. The molecule has 29 heavy (non-hydrogen) atoms. The van der Waals surface area contributed by atoms with Crippen molar-refractivity contribution >= 4 is 38.1 Å². The summed E-state index contributed by atoms with van der Waals surface area (Å²) in [6.07, 6.45) is 2.86. The number of methoxy groups -OCH3 is 1. The van der Waals surface area contributed by atoms with Crippen LogP contribution >= 0.6 is 11.3 Å². The molecule has 0 spiro atoms. The van der Waals surface area contributed by atoms with Crippen molar-refractivity contribution in [1.29, 1.82) is 0 Å². The van der Waals surface area contributed by atoms with Gasteiger partial charge in [0.05, 0.1) is 12.8 Å². The second-order valence-electron chi connectivity index (χ2n) is 6.34. The van der Waals surface area contributed by atoms with E-state index < -0.39 is 10.0 Å². The smallest absolute Gasteiger partial charge is 0.267 e. The number of nitrogens with zero attached hydrogens (tertiary/aromatic N) is 3. The van der Waals surface area contributed by atoms with E-state index in [1.807, 2.05) is 6.07 Å². The van der Waals surface area contributed by atoms with Gasteiger partial charge in [0.15, 0.2) is 5.13 Å². The molecule has 1 amide bonds. The third kappa shape index (κ3) is 3.94. The number of ether oxygens (including phenoxy) is 1. The zero-order valence-electron chi connectivity index (χ0n) is 15.5. The Morgan fingerprint density at radius 2 is 2.07 bits per heavy atom. The van der Waals surface area contributed by atoms with Gasteiger partial charge in [-0.15, -0.1) is 11.3 Å². The molecule has 0 saturated carbocycles. The van der Waals surface area contributed by atoms with Crippen molar-refractivity contribution in [3.63, 3.8) is 0 Å². The molecule has 150 valence electrons. The average molecular weight is 431 g/mol. The Morgan fingerprint density at radius 1 is 1.21 bits per heavy atom. The Morgan fingerprint density at radius 3 is 2.76 bits per heavy atom. The molecule has 1 aliphatic heterocycles. The molecule has 4 rings (SSSR count). The highest BCUT2D eigenvalue weighted by Crippen LogP contribution is 2.33. The Kier molecular flexibility index (Phi) is 5.20. The standard InChI is InChI=1S/C19H18N4O4S2/c1-27-16-8-7-13(23-10-4-6-18(23)24)11-17(16)29(25,26)22-19-21-15(12-28-19)14-5-2-3-9-20-14/h2-3,5,7-9,11-12H,4,6,10H2,1H3,(H,21,22). The third-order valence-corrected chi connectivity index (χ3v) is 6.72. The first kappa shape index (κ1) is 19.3. The van der Waals surface area contributed by atoms with Crippen molar-refractivity contribution in [1.82, 2.24) is 9.97 Å². The van der Waals surface area contributed by atoms with E-state index >= 15 is 0 Å². The number of amides is 1. The quantitative estimate of drug-likeness (QED) is 0.645. The van der Waals surface area contributed by atoms with E-state index in [1.165, 1.54) is 13.2 Å². The number of carbonyl (C=O) groups is 1. The highest BCUT2D eigenvalue weighted by molar-refractivity contribution is 7.93. The van der Waals surface area contributed by atoms with Gasteiger partial charge in [-0.05, 0) is 36.8 Å². The number of thiazole rings is 1. The number of hydrogen-bond donors (Lipinski definition) is 1. The van der Waals surface area contributed by atoms with Gasteiger partial charge in [0, 0.05) is 30.2 Å². The predicted octanol–water partition coefficient (Wildman–Crippen LogP) is 3.14. The fourth-order valence-corrected chi connectivity index (χ4v) is 5.23. The van der Waals surface area contributed by atoms with Gasteiger partial charge < -0.3 is 9.64 Å². The number of aromatic nitrogens is 2. The van der Waals surface area contributed by atoms with Gasteiger partial charge >= 0.3 is 0 Å². The van der Waals surface area contributed by atoms with Crippen LogP contribution in [0.4, 0.5) is 10.8 Å². The predicted molar refractivity (Wildman–Crippen MR) is 111 cm³/mol. The summed E-state index contributed by atoms with van der Waals surface area (Å²) in [6.45, 7) is 0.567. The highest BCUT2D eigenvalue weighted by Gasteiger charge is 2.26. The van der Waals surface area contributed by atoms with Crippen LogP contribution in [0.2, 0.25) is 0 Å². The number of pyridine rings is 1. The normalized spacial score (nSPS) is 14.2. The average Bonchev–Trinajstić information content (AvgIpc) is 3.37. The fraction of sp³-hybridized carbons (Fsp3) is 0.211. The number of carbonyl (C=O) groups excluding carboxylic acids is 1. The van der Waals surface area contributed by atoms with E-state index in [2.05, 4.69) is 14.7 Å². The van der Waals surface area contributed by atoms with Crippen molar-refractivity contribution in [2.24, 2.45) is 0 Å². The van der Waals surface area contributed by atoms with Crippen molar-refractivity contribution in [2.75, 3.05) is 23.3 Å². The minimum absolute atomic E-state index is 0.0219. The Hall–Kier alpha value is -2.98. The maximum atomic E-state index is 13.0. The van der Waals surface area contributed by atoms with Gasteiger partial charge in [-0.2, -0.15) is 0 Å². The number of hydrogen-bond acceptors (Lipinski definition) is 7. The molecule has 3 aromatic rings. The molecule has 8 nitrogen and oxygen atoms in total. The summed E-state index contributed by atoms with van der Waals surface area (Å²) < 4.78 is 33.8. The summed E-state index contributed by atoms with van der Waals surface area (Å²) in [4.78, 5) is 22.1. The second kappa shape index (κ2) is 7.80. The summed E-state index contributed by atoms with van der Waals surface area (Å²) >= 11 is 1.16. The molecule has 0 radical (unpaired) electrons. The van der Waals surface area contributed by atoms with E-state index in [4.69, 9.17) is 4.74 Å². The summed E-state index contributed by atoms with van der Waals surface area (Å²) in [5, 5.41) is 1.95. The summed E-state index contributed by atoms with van der Waals surface area (Å²) in [6, 6.07) is 10.1. The number of anilines is 2. The largest absolute Gasteiger partial charge is 0.495 e. The zero-order valence-corrected chi connectivity index (χ0v) is 17.2. The van der Waals surface area contributed by atoms with E-state index in [-0.39, 0.29) is 21.7 Å². The number of nitrogens with one attached hydrogen (secondary N) is 1. The molecule has 0 unspecified atom stereocenters. The van der Waals surface area contributed by atoms with E-state index in [9.17, 15) is 13.2 Å². The lowest BCUT2D eigenvalue weighted by atomic mass is 10.3. The minimum Gasteiger partial charge on any atom is -0.495 e. The van der Waals surface area contributed by atoms with Crippen LogP contribution in [0.15, 0.2) is 52.9 Å². The van der Waals surface area contributed by atoms with E-state index in [0.717, 1.165) is 17.8 Å². The third-order valence-electron chi connectivity index (χ3n) is 4.47.